The number of benzene rings is 2. The molecule has 0 aliphatic carbocycles. The highest BCUT2D eigenvalue weighted by Crippen LogP contribution is 2.26. The molecule has 0 unspecified atom stereocenters. The molecule has 3 N–H and O–H groups in total. The SMILES string of the molecule is NC(=O)c1cccc(CNc2ccnc(N3CC(Oc4ccc(Cl)cc4F)C3)n2)c1. The van der Waals surface area contributed by atoms with Crippen LogP contribution in [-0.2, 0) is 6.54 Å². The molecule has 0 atom stereocenters. The lowest BCUT2D eigenvalue weighted by atomic mass is 10.1. The van der Waals surface area contributed by atoms with Crippen molar-refractivity contribution in [3.05, 3.63) is 76.7 Å². The van der Waals surface area contributed by atoms with Crippen molar-refractivity contribution in [2.75, 3.05) is 23.3 Å². The molecule has 1 aliphatic heterocycles. The van der Waals surface area contributed by atoms with Gasteiger partial charge in [0.15, 0.2) is 11.6 Å². The molecule has 1 amide bonds. The Hall–Kier alpha value is -3.39. The van der Waals surface area contributed by atoms with E-state index >= 15 is 0 Å². The third-order valence-electron chi connectivity index (χ3n) is 4.65. The highest BCUT2D eigenvalue weighted by atomic mass is 35.5. The Kier molecular flexibility index (Phi) is 5.67. The van der Waals surface area contributed by atoms with E-state index in [1.54, 1.807) is 36.5 Å². The summed E-state index contributed by atoms with van der Waals surface area (Å²) in [5.74, 6) is 0.441. The number of ether oxygens (including phenoxy) is 1. The summed E-state index contributed by atoms with van der Waals surface area (Å²) < 4.78 is 19.5. The Morgan fingerprint density at radius 2 is 2.10 bits per heavy atom. The number of hydrogen-bond acceptors (Lipinski definition) is 6. The zero-order chi connectivity index (χ0) is 21.1. The van der Waals surface area contributed by atoms with E-state index in [2.05, 4.69) is 15.3 Å². The van der Waals surface area contributed by atoms with Crippen LogP contribution in [0.15, 0.2) is 54.7 Å². The van der Waals surface area contributed by atoms with E-state index < -0.39 is 11.7 Å². The van der Waals surface area contributed by atoms with Gasteiger partial charge in [0, 0.05) is 23.3 Å². The summed E-state index contributed by atoms with van der Waals surface area (Å²) in [4.78, 5) is 22.0. The Morgan fingerprint density at radius 1 is 1.27 bits per heavy atom. The lowest BCUT2D eigenvalue weighted by Gasteiger charge is -2.39. The second-order valence-electron chi connectivity index (χ2n) is 6.88. The van der Waals surface area contributed by atoms with Gasteiger partial charge in [0.25, 0.3) is 0 Å². The molecule has 2 aromatic carbocycles. The highest BCUT2D eigenvalue weighted by molar-refractivity contribution is 6.30. The van der Waals surface area contributed by atoms with Gasteiger partial charge in [-0.25, -0.2) is 9.37 Å². The summed E-state index contributed by atoms with van der Waals surface area (Å²) in [6.45, 7) is 1.58. The minimum absolute atomic E-state index is 0.155. The van der Waals surface area contributed by atoms with E-state index in [4.69, 9.17) is 22.1 Å². The number of nitrogens with zero attached hydrogens (tertiary/aromatic N) is 3. The molecule has 2 heterocycles. The van der Waals surface area contributed by atoms with Crippen LogP contribution in [0.2, 0.25) is 5.02 Å². The monoisotopic (exact) mass is 427 g/mol. The van der Waals surface area contributed by atoms with Gasteiger partial charge in [-0.05, 0) is 42.0 Å². The van der Waals surface area contributed by atoms with Crippen LogP contribution in [0, 0.1) is 5.82 Å². The number of aromatic nitrogens is 2. The summed E-state index contributed by atoms with van der Waals surface area (Å²) in [7, 11) is 0. The number of carbonyl (C=O) groups is 1. The molecule has 4 rings (SSSR count). The van der Waals surface area contributed by atoms with Crippen molar-refractivity contribution in [1.29, 1.82) is 0 Å². The normalized spacial score (nSPS) is 13.6. The Labute approximate surface area is 177 Å². The average molecular weight is 428 g/mol. The molecule has 0 bridgehead atoms. The molecular formula is C21H19ClFN5O2. The summed E-state index contributed by atoms with van der Waals surface area (Å²) in [5.41, 5.74) is 6.69. The number of primary amides is 1. The molecule has 1 saturated heterocycles. The summed E-state index contributed by atoms with van der Waals surface area (Å²) in [6, 6.07) is 13.2. The molecule has 9 heteroatoms. The zero-order valence-corrected chi connectivity index (χ0v) is 16.6. The number of rotatable bonds is 7. The van der Waals surface area contributed by atoms with Crippen molar-refractivity contribution in [3.8, 4) is 5.75 Å². The van der Waals surface area contributed by atoms with Gasteiger partial charge < -0.3 is 20.7 Å². The summed E-state index contributed by atoms with van der Waals surface area (Å²) >= 11 is 5.76. The lowest BCUT2D eigenvalue weighted by molar-refractivity contribution is 0.1000. The number of hydrogen-bond donors (Lipinski definition) is 2. The number of nitrogens with one attached hydrogen (secondary N) is 1. The second kappa shape index (κ2) is 8.54. The van der Waals surface area contributed by atoms with Crippen LogP contribution in [0.1, 0.15) is 15.9 Å². The third-order valence-corrected chi connectivity index (χ3v) is 4.88. The number of carbonyl (C=O) groups excluding carboxylic acids is 1. The molecule has 0 saturated carbocycles. The van der Waals surface area contributed by atoms with Crippen LogP contribution in [0.25, 0.3) is 0 Å². The van der Waals surface area contributed by atoms with Crippen molar-refractivity contribution in [1.82, 2.24) is 9.97 Å². The fourth-order valence-electron chi connectivity index (χ4n) is 3.05. The predicted molar refractivity (Wildman–Crippen MR) is 112 cm³/mol. The number of anilines is 2. The quantitative estimate of drug-likeness (QED) is 0.601. The zero-order valence-electron chi connectivity index (χ0n) is 15.9. The fourth-order valence-corrected chi connectivity index (χ4v) is 3.21. The number of amides is 1. The van der Waals surface area contributed by atoms with Gasteiger partial charge in [0.1, 0.15) is 11.9 Å². The molecule has 154 valence electrons. The van der Waals surface area contributed by atoms with Crippen molar-refractivity contribution < 1.29 is 13.9 Å². The Balaban J connectivity index is 1.33. The first-order valence-corrected chi connectivity index (χ1v) is 9.68. The molecule has 30 heavy (non-hydrogen) atoms. The van der Waals surface area contributed by atoms with Crippen LogP contribution < -0.4 is 20.7 Å². The maximum Gasteiger partial charge on any atom is 0.248 e. The first-order chi connectivity index (χ1) is 14.5. The standard InChI is InChI=1S/C21H19ClFN5O2/c22-15-4-5-18(17(23)9-15)30-16-11-28(12-16)21-25-7-6-19(27-21)26-10-13-2-1-3-14(8-13)20(24)29/h1-9,16H,10-12H2,(H2,24,29)(H,25,26,27). The van der Waals surface area contributed by atoms with Crippen molar-refractivity contribution in [3.63, 3.8) is 0 Å². The largest absolute Gasteiger partial charge is 0.484 e. The van der Waals surface area contributed by atoms with Gasteiger partial charge in [-0.15, -0.1) is 0 Å². The van der Waals surface area contributed by atoms with Crippen LogP contribution in [0.3, 0.4) is 0 Å². The smallest absolute Gasteiger partial charge is 0.248 e. The van der Waals surface area contributed by atoms with E-state index in [1.807, 2.05) is 11.0 Å². The van der Waals surface area contributed by atoms with Gasteiger partial charge in [-0.2, -0.15) is 4.98 Å². The molecule has 0 radical (unpaired) electrons. The van der Waals surface area contributed by atoms with Crippen LogP contribution >= 0.6 is 11.6 Å². The lowest BCUT2D eigenvalue weighted by Crippen LogP contribution is -2.54. The Bertz CT molecular complexity index is 1070. The van der Waals surface area contributed by atoms with Crippen molar-refractivity contribution >= 4 is 29.3 Å². The maximum atomic E-state index is 13.9. The van der Waals surface area contributed by atoms with Crippen LogP contribution in [0.5, 0.6) is 5.75 Å². The van der Waals surface area contributed by atoms with Gasteiger partial charge in [-0.3, -0.25) is 4.79 Å². The van der Waals surface area contributed by atoms with E-state index in [1.165, 1.54) is 12.1 Å². The summed E-state index contributed by atoms with van der Waals surface area (Å²) in [6.07, 6.45) is 1.51. The Morgan fingerprint density at radius 3 is 2.87 bits per heavy atom. The van der Waals surface area contributed by atoms with E-state index in [0.717, 1.165) is 5.56 Å². The van der Waals surface area contributed by atoms with Crippen molar-refractivity contribution in [2.45, 2.75) is 12.6 Å². The predicted octanol–water partition coefficient (Wildman–Crippen LogP) is 3.25. The van der Waals surface area contributed by atoms with E-state index in [9.17, 15) is 9.18 Å². The number of halogens is 2. The first-order valence-electron chi connectivity index (χ1n) is 9.30. The molecule has 0 spiro atoms. The molecule has 3 aromatic rings. The van der Waals surface area contributed by atoms with E-state index in [0.29, 0.717) is 42.0 Å². The average Bonchev–Trinajstić information content (AvgIpc) is 2.70. The maximum absolute atomic E-state index is 13.9. The molecule has 7 nitrogen and oxygen atoms in total. The summed E-state index contributed by atoms with van der Waals surface area (Å²) in [5, 5.41) is 3.54. The van der Waals surface area contributed by atoms with Gasteiger partial charge in [0.2, 0.25) is 11.9 Å². The minimum Gasteiger partial charge on any atom is -0.484 e. The second-order valence-corrected chi connectivity index (χ2v) is 7.32. The van der Waals surface area contributed by atoms with Gasteiger partial charge >= 0.3 is 0 Å². The molecular weight excluding hydrogens is 409 g/mol. The van der Waals surface area contributed by atoms with Gasteiger partial charge in [-0.1, -0.05) is 23.7 Å². The van der Waals surface area contributed by atoms with Crippen LogP contribution in [0.4, 0.5) is 16.2 Å². The first kappa shape index (κ1) is 19.9. The fraction of sp³-hybridized carbons (Fsp3) is 0.190. The van der Waals surface area contributed by atoms with Crippen molar-refractivity contribution in [2.24, 2.45) is 5.73 Å². The topological polar surface area (TPSA) is 93.4 Å². The third kappa shape index (κ3) is 4.60. The van der Waals surface area contributed by atoms with Gasteiger partial charge in [0.05, 0.1) is 13.1 Å². The molecule has 1 aromatic heterocycles. The number of nitrogens with two attached hydrogens (primary N) is 1. The molecule has 1 aliphatic rings. The minimum atomic E-state index is -0.483. The highest BCUT2D eigenvalue weighted by Gasteiger charge is 2.31. The molecule has 1 fully saturated rings. The van der Waals surface area contributed by atoms with Crippen LogP contribution in [-0.4, -0.2) is 35.1 Å². The van der Waals surface area contributed by atoms with E-state index in [-0.39, 0.29) is 11.9 Å².